The first-order chi connectivity index (χ1) is 10.1. The van der Waals surface area contributed by atoms with Gasteiger partial charge in [0.15, 0.2) is 0 Å². The van der Waals surface area contributed by atoms with E-state index in [1.807, 2.05) is 38.4 Å². The van der Waals surface area contributed by atoms with Gasteiger partial charge < -0.3 is 5.32 Å². The number of carbonyl (C=O) groups excluding carboxylic acids is 1. The monoisotopic (exact) mass is 283 g/mol. The second kappa shape index (κ2) is 5.82. The van der Waals surface area contributed by atoms with Gasteiger partial charge in [-0.25, -0.2) is 0 Å². The Labute approximate surface area is 125 Å². The number of fused-ring (bicyclic) bond motifs is 1. The summed E-state index contributed by atoms with van der Waals surface area (Å²) < 4.78 is 0. The summed E-state index contributed by atoms with van der Waals surface area (Å²) in [7, 11) is 1.99. The fraction of sp³-hybridized carbons (Fsp3) is 0.412. The first kappa shape index (κ1) is 14.0. The molecule has 1 atom stereocenters. The fourth-order valence-electron chi connectivity index (χ4n) is 2.46. The molecule has 0 spiro atoms. The number of rotatable bonds is 5. The first-order valence-electron chi connectivity index (χ1n) is 7.48. The van der Waals surface area contributed by atoms with Gasteiger partial charge in [-0.2, -0.15) is 0 Å². The van der Waals surface area contributed by atoms with Gasteiger partial charge in [0, 0.05) is 24.2 Å². The van der Waals surface area contributed by atoms with E-state index < -0.39 is 0 Å². The van der Waals surface area contributed by atoms with E-state index in [9.17, 15) is 4.79 Å². The van der Waals surface area contributed by atoms with Crippen LogP contribution >= 0.6 is 0 Å². The number of pyridine rings is 1. The number of likely N-dealkylation sites (N-methyl/N-ethyl adjacent to an activating group) is 1. The second-order valence-corrected chi connectivity index (χ2v) is 5.86. The Kier molecular flexibility index (Phi) is 3.88. The van der Waals surface area contributed by atoms with Crippen LogP contribution in [-0.4, -0.2) is 34.9 Å². The van der Waals surface area contributed by atoms with E-state index in [2.05, 4.69) is 27.3 Å². The molecule has 0 aliphatic heterocycles. The number of hydrogen-bond donors (Lipinski definition) is 1. The van der Waals surface area contributed by atoms with Gasteiger partial charge in [-0.1, -0.05) is 18.2 Å². The van der Waals surface area contributed by atoms with Gasteiger partial charge >= 0.3 is 0 Å². The highest BCUT2D eigenvalue weighted by Crippen LogP contribution is 2.20. The number of carbonyl (C=O) groups is 1. The number of nitrogens with zero attached hydrogens (tertiary/aromatic N) is 2. The number of nitrogens with one attached hydrogen (secondary N) is 1. The molecule has 1 amide bonds. The highest BCUT2D eigenvalue weighted by molar-refractivity contribution is 5.83. The van der Waals surface area contributed by atoms with Crippen LogP contribution in [0.2, 0.25) is 0 Å². The van der Waals surface area contributed by atoms with E-state index in [0.717, 1.165) is 30.3 Å². The Bertz CT molecular complexity index is 646. The van der Waals surface area contributed by atoms with E-state index in [4.69, 9.17) is 0 Å². The van der Waals surface area contributed by atoms with Crippen molar-refractivity contribution in [3.8, 4) is 0 Å². The van der Waals surface area contributed by atoms with Gasteiger partial charge in [0.25, 0.3) is 0 Å². The van der Waals surface area contributed by atoms with Crippen molar-refractivity contribution in [2.45, 2.75) is 38.4 Å². The zero-order valence-corrected chi connectivity index (χ0v) is 12.5. The zero-order chi connectivity index (χ0) is 14.8. The molecule has 1 heterocycles. The molecule has 2 aromatic rings. The van der Waals surface area contributed by atoms with E-state index in [1.165, 1.54) is 5.56 Å². The lowest BCUT2D eigenvalue weighted by Crippen LogP contribution is -2.43. The summed E-state index contributed by atoms with van der Waals surface area (Å²) >= 11 is 0. The Balaban J connectivity index is 1.73. The smallest absolute Gasteiger partial charge is 0.237 e. The molecule has 21 heavy (non-hydrogen) atoms. The first-order valence-corrected chi connectivity index (χ1v) is 7.48. The maximum atomic E-state index is 12.1. The minimum absolute atomic E-state index is 0.123. The molecule has 1 N–H and O–H groups in total. The highest BCUT2D eigenvalue weighted by Gasteiger charge is 2.27. The van der Waals surface area contributed by atoms with E-state index in [-0.39, 0.29) is 11.9 Å². The van der Waals surface area contributed by atoms with Gasteiger partial charge in [-0.15, -0.1) is 0 Å². The molecule has 1 aliphatic carbocycles. The summed E-state index contributed by atoms with van der Waals surface area (Å²) in [4.78, 5) is 18.6. The van der Waals surface area contributed by atoms with Crippen molar-refractivity contribution in [1.29, 1.82) is 0 Å². The van der Waals surface area contributed by atoms with Crippen molar-refractivity contribution in [2.24, 2.45) is 0 Å². The third kappa shape index (κ3) is 3.22. The molecular weight excluding hydrogens is 262 g/mol. The second-order valence-electron chi connectivity index (χ2n) is 5.86. The van der Waals surface area contributed by atoms with Crippen molar-refractivity contribution in [3.05, 3.63) is 42.1 Å². The van der Waals surface area contributed by atoms with Crippen LogP contribution < -0.4 is 5.32 Å². The normalized spacial score (nSPS) is 16.1. The molecule has 1 aromatic carbocycles. The minimum atomic E-state index is -0.127. The molecule has 0 saturated heterocycles. The van der Waals surface area contributed by atoms with Crippen molar-refractivity contribution < 1.29 is 4.79 Å². The molecule has 4 nitrogen and oxygen atoms in total. The molecule has 0 bridgehead atoms. The van der Waals surface area contributed by atoms with Crippen LogP contribution in [0.4, 0.5) is 0 Å². The van der Waals surface area contributed by atoms with Crippen molar-refractivity contribution >= 4 is 16.8 Å². The average molecular weight is 283 g/mol. The molecule has 1 aromatic heterocycles. The zero-order valence-electron chi connectivity index (χ0n) is 12.5. The van der Waals surface area contributed by atoms with Crippen LogP contribution in [0.15, 0.2) is 36.5 Å². The fourth-order valence-corrected chi connectivity index (χ4v) is 2.46. The molecule has 110 valence electrons. The lowest BCUT2D eigenvalue weighted by atomic mass is 10.1. The lowest BCUT2D eigenvalue weighted by molar-refractivity contribution is -0.125. The third-order valence-electron chi connectivity index (χ3n) is 4.12. The molecule has 4 heteroatoms. The minimum Gasteiger partial charge on any atom is -0.352 e. The summed E-state index contributed by atoms with van der Waals surface area (Å²) in [6.07, 6.45) is 4.05. The summed E-state index contributed by atoms with van der Waals surface area (Å²) in [5, 5.41) is 4.22. The largest absolute Gasteiger partial charge is 0.352 e. The molecule has 1 fully saturated rings. The van der Waals surface area contributed by atoms with Crippen LogP contribution in [0.5, 0.6) is 0 Å². The van der Waals surface area contributed by atoms with Crippen LogP contribution in [0.1, 0.15) is 25.3 Å². The Morgan fingerprint density at radius 3 is 2.95 bits per heavy atom. The van der Waals surface area contributed by atoms with Gasteiger partial charge in [0.1, 0.15) is 0 Å². The average Bonchev–Trinajstić information content (AvgIpc) is 3.30. The summed E-state index contributed by atoms with van der Waals surface area (Å²) in [6, 6.07) is 10.5. The van der Waals surface area contributed by atoms with Gasteiger partial charge in [-0.05, 0) is 44.5 Å². The molecule has 3 rings (SSSR count). The summed E-state index contributed by atoms with van der Waals surface area (Å²) in [5.74, 6) is 0.123. The highest BCUT2D eigenvalue weighted by atomic mass is 16.2. The number of amides is 1. The molecule has 1 aliphatic rings. The topological polar surface area (TPSA) is 45.2 Å². The Morgan fingerprint density at radius 1 is 1.38 bits per heavy atom. The Morgan fingerprint density at radius 2 is 2.19 bits per heavy atom. The number of benzene rings is 1. The third-order valence-corrected chi connectivity index (χ3v) is 4.12. The van der Waals surface area contributed by atoms with Crippen LogP contribution in [-0.2, 0) is 11.3 Å². The number of hydrogen-bond acceptors (Lipinski definition) is 3. The van der Waals surface area contributed by atoms with Crippen LogP contribution in [0.25, 0.3) is 10.9 Å². The quantitative estimate of drug-likeness (QED) is 0.916. The van der Waals surface area contributed by atoms with E-state index >= 15 is 0 Å². The maximum Gasteiger partial charge on any atom is 0.237 e. The van der Waals surface area contributed by atoms with E-state index in [0.29, 0.717) is 6.04 Å². The molecular formula is C17H21N3O. The van der Waals surface area contributed by atoms with E-state index in [1.54, 1.807) is 0 Å². The van der Waals surface area contributed by atoms with Gasteiger partial charge in [0.05, 0.1) is 11.6 Å². The standard InChI is InChI=1S/C17H21N3O/c1-12(17(21)19-14-8-9-14)20(2)11-13-5-3-7-16-15(13)6-4-10-18-16/h3-7,10,12,14H,8-9,11H2,1-2H3,(H,19,21)/t12-/m1/s1. The van der Waals surface area contributed by atoms with Crippen molar-refractivity contribution in [3.63, 3.8) is 0 Å². The summed E-state index contributed by atoms with van der Waals surface area (Å²) in [6.45, 7) is 2.70. The van der Waals surface area contributed by atoms with Crippen molar-refractivity contribution in [1.82, 2.24) is 15.2 Å². The Hall–Kier alpha value is -1.94. The molecule has 1 saturated carbocycles. The predicted molar refractivity (Wildman–Crippen MR) is 83.8 cm³/mol. The van der Waals surface area contributed by atoms with Gasteiger partial charge in [0.2, 0.25) is 5.91 Å². The number of aromatic nitrogens is 1. The SMILES string of the molecule is C[C@H](C(=O)NC1CC1)N(C)Cc1cccc2ncccc12. The lowest BCUT2D eigenvalue weighted by Gasteiger charge is -2.24. The van der Waals surface area contributed by atoms with Crippen LogP contribution in [0.3, 0.4) is 0 Å². The molecule has 0 radical (unpaired) electrons. The molecule has 0 unspecified atom stereocenters. The van der Waals surface area contributed by atoms with Crippen molar-refractivity contribution in [2.75, 3.05) is 7.05 Å². The maximum absolute atomic E-state index is 12.1. The predicted octanol–water partition coefficient (Wildman–Crippen LogP) is 2.33. The van der Waals surface area contributed by atoms with Gasteiger partial charge in [-0.3, -0.25) is 14.7 Å². The van der Waals surface area contributed by atoms with Crippen LogP contribution in [0, 0.1) is 0 Å². The summed E-state index contributed by atoms with van der Waals surface area (Å²) in [5.41, 5.74) is 2.20.